The molecule has 0 bridgehead atoms. The van der Waals surface area contributed by atoms with Crippen molar-refractivity contribution in [2.24, 2.45) is 5.73 Å². The molecular weight excluding hydrogens is 361 g/mol. The van der Waals surface area contributed by atoms with Crippen LogP contribution in [-0.2, 0) is 9.53 Å². The quantitative estimate of drug-likeness (QED) is 0.469. The predicted molar refractivity (Wildman–Crippen MR) is 106 cm³/mol. The van der Waals surface area contributed by atoms with E-state index in [-0.39, 0.29) is 13.2 Å². The smallest absolute Gasteiger partial charge is 0.153 e. The van der Waals surface area contributed by atoms with Crippen molar-refractivity contribution >= 4 is 6.29 Å². The molecule has 150 valence electrons. The van der Waals surface area contributed by atoms with E-state index in [1.807, 2.05) is 30.3 Å². The maximum atomic E-state index is 13.8. The minimum Gasteiger partial charge on any atom is -0.489 e. The van der Waals surface area contributed by atoms with Gasteiger partial charge in [0.05, 0.1) is 18.2 Å². The van der Waals surface area contributed by atoms with Crippen molar-refractivity contribution in [3.05, 3.63) is 72.6 Å². The first-order chi connectivity index (χ1) is 13.4. The molecular formula is C22H26FNO4. The first kappa shape index (κ1) is 21.6. The standard InChI is InChI=1S/C22H26FNO4/c1-4-12-26-20-13-17(23)10-11-19(20)21(28-18-8-6-5-7-9-18)16(2)27-15-22(3,24)14-25/h4-11,13-14,16,21H,1,12,15,24H2,2-3H3/t16-,21-,22-/m0/s1. The summed E-state index contributed by atoms with van der Waals surface area (Å²) >= 11 is 0. The van der Waals surface area contributed by atoms with Gasteiger partial charge in [-0.1, -0.05) is 30.9 Å². The van der Waals surface area contributed by atoms with Crippen LogP contribution < -0.4 is 15.2 Å². The van der Waals surface area contributed by atoms with Crippen molar-refractivity contribution in [1.82, 2.24) is 0 Å². The van der Waals surface area contributed by atoms with Crippen LogP contribution in [-0.4, -0.2) is 31.1 Å². The van der Waals surface area contributed by atoms with Gasteiger partial charge in [-0.2, -0.15) is 0 Å². The Kier molecular flexibility index (Phi) is 7.72. The second-order valence-corrected chi connectivity index (χ2v) is 6.77. The molecule has 0 amide bonds. The Bertz CT molecular complexity index is 779. The van der Waals surface area contributed by atoms with Crippen molar-refractivity contribution in [3.8, 4) is 11.5 Å². The normalized spacial score (nSPS) is 15.1. The van der Waals surface area contributed by atoms with Crippen molar-refractivity contribution < 1.29 is 23.4 Å². The molecule has 0 heterocycles. The summed E-state index contributed by atoms with van der Waals surface area (Å²) in [5.74, 6) is 0.528. The molecule has 2 aromatic carbocycles. The van der Waals surface area contributed by atoms with E-state index in [1.54, 1.807) is 26.0 Å². The molecule has 2 N–H and O–H groups in total. The van der Waals surface area contributed by atoms with Crippen LogP contribution in [0.3, 0.4) is 0 Å². The Morgan fingerprint density at radius 3 is 2.61 bits per heavy atom. The molecule has 28 heavy (non-hydrogen) atoms. The van der Waals surface area contributed by atoms with Crippen LogP contribution >= 0.6 is 0 Å². The molecule has 0 aromatic heterocycles. The summed E-state index contributed by atoms with van der Waals surface area (Å²) in [4.78, 5) is 11.1. The predicted octanol–water partition coefficient (Wildman–Crippen LogP) is 3.83. The van der Waals surface area contributed by atoms with Gasteiger partial charge in [-0.25, -0.2) is 4.39 Å². The lowest BCUT2D eigenvalue weighted by Gasteiger charge is -2.29. The summed E-state index contributed by atoms with van der Waals surface area (Å²) in [7, 11) is 0. The van der Waals surface area contributed by atoms with E-state index in [9.17, 15) is 9.18 Å². The zero-order chi connectivity index (χ0) is 20.6. The van der Waals surface area contributed by atoms with Gasteiger partial charge in [0, 0.05) is 11.6 Å². The number of rotatable bonds is 11. The Labute approximate surface area is 164 Å². The number of hydrogen-bond acceptors (Lipinski definition) is 5. The zero-order valence-corrected chi connectivity index (χ0v) is 16.1. The molecule has 0 unspecified atom stereocenters. The van der Waals surface area contributed by atoms with Crippen molar-refractivity contribution in [1.29, 1.82) is 0 Å². The van der Waals surface area contributed by atoms with Crippen molar-refractivity contribution in [2.45, 2.75) is 31.6 Å². The van der Waals surface area contributed by atoms with E-state index >= 15 is 0 Å². The molecule has 0 aliphatic rings. The second kappa shape index (κ2) is 10.0. The number of carbonyl (C=O) groups excluding carboxylic acids is 1. The highest BCUT2D eigenvalue weighted by atomic mass is 19.1. The van der Waals surface area contributed by atoms with E-state index in [0.717, 1.165) is 0 Å². The SMILES string of the molecule is C=CCOc1cc(F)ccc1[C@@H](Oc1ccccc1)[C@H](C)OC[C@@](C)(N)C=O. The number of halogens is 1. The van der Waals surface area contributed by atoms with E-state index < -0.39 is 23.6 Å². The van der Waals surface area contributed by atoms with Gasteiger partial charge in [0.2, 0.25) is 0 Å². The topological polar surface area (TPSA) is 70.8 Å². The highest BCUT2D eigenvalue weighted by molar-refractivity contribution is 5.63. The third-order valence-electron chi connectivity index (χ3n) is 4.00. The van der Waals surface area contributed by atoms with Gasteiger partial charge in [-0.05, 0) is 38.1 Å². The number of carbonyl (C=O) groups is 1. The summed E-state index contributed by atoms with van der Waals surface area (Å²) < 4.78 is 31.4. The van der Waals surface area contributed by atoms with Crippen molar-refractivity contribution in [3.63, 3.8) is 0 Å². The number of para-hydroxylation sites is 1. The van der Waals surface area contributed by atoms with Gasteiger partial charge in [0.1, 0.15) is 30.2 Å². The molecule has 2 aromatic rings. The van der Waals surface area contributed by atoms with Gasteiger partial charge in [-0.3, -0.25) is 0 Å². The van der Waals surface area contributed by atoms with Crippen LogP contribution in [0, 0.1) is 5.82 Å². The van der Waals surface area contributed by atoms with Gasteiger partial charge in [0.25, 0.3) is 0 Å². The molecule has 2 rings (SSSR count). The van der Waals surface area contributed by atoms with E-state index in [1.165, 1.54) is 12.1 Å². The zero-order valence-electron chi connectivity index (χ0n) is 16.1. The highest BCUT2D eigenvalue weighted by Crippen LogP contribution is 2.33. The fourth-order valence-corrected chi connectivity index (χ4v) is 2.51. The summed E-state index contributed by atoms with van der Waals surface area (Å²) in [6, 6.07) is 13.4. The largest absolute Gasteiger partial charge is 0.489 e. The lowest BCUT2D eigenvalue weighted by atomic mass is 10.0. The Morgan fingerprint density at radius 1 is 1.25 bits per heavy atom. The Hall–Kier alpha value is -2.70. The molecule has 0 aliphatic heterocycles. The van der Waals surface area contributed by atoms with Crippen LogP contribution in [0.1, 0.15) is 25.5 Å². The maximum Gasteiger partial charge on any atom is 0.153 e. The molecule has 0 aliphatic carbocycles. The molecule has 3 atom stereocenters. The first-order valence-electron chi connectivity index (χ1n) is 8.98. The minimum atomic E-state index is -1.11. The number of hydrogen-bond donors (Lipinski definition) is 1. The van der Waals surface area contributed by atoms with Gasteiger partial charge in [-0.15, -0.1) is 0 Å². The number of aldehydes is 1. The minimum absolute atomic E-state index is 0.0103. The van der Waals surface area contributed by atoms with Crippen LogP contribution in [0.2, 0.25) is 0 Å². The molecule has 0 fully saturated rings. The second-order valence-electron chi connectivity index (χ2n) is 6.77. The summed E-state index contributed by atoms with van der Waals surface area (Å²) in [5.41, 5.74) is 5.35. The van der Waals surface area contributed by atoms with E-state index in [2.05, 4.69) is 6.58 Å². The molecule has 0 saturated heterocycles. The monoisotopic (exact) mass is 387 g/mol. The Balaban J connectivity index is 2.34. The van der Waals surface area contributed by atoms with Gasteiger partial charge in [0.15, 0.2) is 6.10 Å². The molecule has 0 spiro atoms. The van der Waals surface area contributed by atoms with E-state index in [0.29, 0.717) is 23.3 Å². The molecule has 0 radical (unpaired) electrons. The molecule has 6 heteroatoms. The average Bonchev–Trinajstić information content (AvgIpc) is 2.70. The third kappa shape index (κ3) is 6.18. The summed E-state index contributed by atoms with van der Waals surface area (Å²) in [6.07, 6.45) is 1.10. The summed E-state index contributed by atoms with van der Waals surface area (Å²) in [6.45, 7) is 7.23. The lowest BCUT2D eigenvalue weighted by Crippen LogP contribution is -2.44. The van der Waals surface area contributed by atoms with Gasteiger partial charge < -0.3 is 24.7 Å². The fraction of sp³-hybridized carbons (Fsp3) is 0.318. The number of benzene rings is 2. The highest BCUT2D eigenvalue weighted by Gasteiger charge is 2.28. The maximum absolute atomic E-state index is 13.8. The molecule has 5 nitrogen and oxygen atoms in total. The third-order valence-corrected chi connectivity index (χ3v) is 4.00. The van der Waals surface area contributed by atoms with Gasteiger partial charge >= 0.3 is 0 Å². The number of ether oxygens (including phenoxy) is 3. The van der Waals surface area contributed by atoms with Crippen LogP contribution in [0.15, 0.2) is 61.2 Å². The van der Waals surface area contributed by atoms with Crippen LogP contribution in [0.5, 0.6) is 11.5 Å². The average molecular weight is 387 g/mol. The first-order valence-corrected chi connectivity index (χ1v) is 8.98. The Morgan fingerprint density at radius 2 is 1.96 bits per heavy atom. The molecule has 0 saturated carbocycles. The van der Waals surface area contributed by atoms with Crippen LogP contribution in [0.4, 0.5) is 4.39 Å². The summed E-state index contributed by atoms with van der Waals surface area (Å²) in [5, 5.41) is 0. The fourth-order valence-electron chi connectivity index (χ4n) is 2.51. The lowest BCUT2D eigenvalue weighted by molar-refractivity contribution is -0.115. The number of nitrogens with two attached hydrogens (primary N) is 1. The van der Waals surface area contributed by atoms with Crippen molar-refractivity contribution in [2.75, 3.05) is 13.2 Å². The van der Waals surface area contributed by atoms with Crippen LogP contribution in [0.25, 0.3) is 0 Å². The van der Waals surface area contributed by atoms with E-state index in [4.69, 9.17) is 19.9 Å².